The molecule has 0 spiro atoms. The molecule has 2 atom stereocenters. The summed E-state index contributed by atoms with van der Waals surface area (Å²) in [7, 11) is 0. The number of aliphatic hydroxyl groups is 1. The molecule has 2 N–H and O–H groups in total. The van der Waals surface area contributed by atoms with Crippen LogP contribution in [0, 0.1) is 0 Å². The van der Waals surface area contributed by atoms with Gasteiger partial charge in [-0.1, -0.05) is 6.92 Å². The molecule has 0 bridgehead atoms. The summed E-state index contributed by atoms with van der Waals surface area (Å²) >= 11 is 1.71. The third kappa shape index (κ3) is 3.44. The Morgan fingerprint density at radius 3 is 2.50 bits per heavy atom. The molecular formula is C7H17NOS. The van der Waals surface area contributed by atoms with Crippen LogP contribution in [0.3, 0.4) is 0 Å². The number of hydrogen-bond donors (Lipinski definition) is 2. The van der Waals surface area contributed by atoms with Crippen LogP contribution in [0.15, 0.2) is 0 Å². The third-order valence-electron chi connectivity index (χ3n) is 1.57. The van der Waals surface area contributed by atoms with Crippen LogP contribution in [0.5, 0.6) is 0 Å². The molecule has 0 heterocycles. The van der Waals surface area contributed by atoms with Gasteiger partial charge < -0.3 is 10.4 Å². The molecule has 0 fully saturated rings. The second kappa shape index (κ2) is 6.01. The standard InChI is InChI=1S/C7H17NOS/c1-4-8-6(2)7(5-9)10-3/h6-9H,4-5H2,1-3H3. The molecule has 0 aromatic carbocycles. The van der Waals surface area contributed by atoms with Gasteiger partial charge >= 0.3 is 0 Å². The zero-order valence-electron chi connectivity index (χ0n) is 6.92. The molecule has 0 aliphatic rings. The average Bonchev–Trinajstić information content (AvgIpc) is 1.91. The van der Waals surface area contributed by atoms with Gasteiger partial charge in [0.2, 0.25) is 0 Å². The van der Waals surface area contributed by atoms with Crippen LogP contribution in [0.25, 0.3) is 0 Å². The van der Waals surface area contributed by atoms with Crippen LogP contribution in [0.4, 0.5) is 0 Å². The Balaban J connectivity index is 3.53. The highest BCUT2D eigenvalue weighted by atomic mass is 32.2. The molecule has 0 saturated heterocycles. The number of aliphatic hydroxyl groups excluding tert-OH is 1. The maximum atomic E-state index is 8.86. The van der Waals surface area contributed by atoms with Gasteiger partial charge in [0.05, 0.1) is 6.61 Å². The van der Waals surface area contributed by atoms with Crippen LogP contribution in [-0.4, -0.2) is 35.8 Å². The Morgan fingerprint density at radius 1 is 1.60 bits per heavy atom. The molecule has 62 valence electrons. The largest absolute Gasteiger partial charge is 0.395 e. The first-order valence-corrected chi connectivity index (χ1v) is 4.92. The van der Waals surface area contributed by atoms with Gasteiger partial charge in [-0.25, -0.2) is 0 Å². The zero-order valence-corrected chi connectivity index (χ0v) is 7.74. The molecule has 0 aliphatic carbocycles. The highest BCUT2D eigenvalue weighted by Crippen LogP contribution is 2.09. The minimum Gasteiger partial charge on any atom is -0.395 e. The summed E-state index contributed by atoms with van der Waals surface area (Å²) in [6, 6.07) is 0.407. The summed E-state index contributed by atoms with van der Waals surface area (Å²) in [4.78, 5) is 0. The molecule has 0 radical (unpaired) electrons. The summed E-state index contributed by atoms with van der Waals surface area (Å²) in [6.07, 6.45) is 2.02. The van der Waals surface area contributed by atoms with E-state index >= 15 is 0 Å². The normalized spacial score (nSPS) is 16.8. The van der Waals surface area contributed by atoms with Crippen LogP contribution in [0.1, 0.15) is 13.8 Å². The van der Waals surface area contributed by atoms with Crippen molar-refractivity contribution in [3.05, 3.63) is 0 Å². The monoisotopic (exact) mass is 163 g/mol. The van der Waals surface area contributed by atoms with Crippen molar-refractivity contribution in [2.75, 3.05) is 19.4 Å². The van der Waals surface area contributed by atoms with Crippen LogP contribution in [0.2, 0.25) is 0 Å². The van der Waals surface area contributed by atoms with Crippen molar-refractivity contribution in [1.82, 2.24) is 5.32 Å². The lowest BCUT2D eigenvalue weighted by atomic mass is 10.2. The van der Waals surface area contributed by atoms with Gasteiger partial charge in [-0.05, 0) is 19.7 Å². The van der Waals surface area contributed by atoms with Gasteiger partial charge in [-0.3, -0.25) is 0 Å². The lowest BCUT2D eigenvalue weighted by molar-refractivity contribution is 0.277. The van der Waals surface area contributed by atoms with Crippen molar-refractivity contribution in [2.45, 2.75) is 25.1 Å². The summed E-state index contributed by atoms with van der Waals surface area (Å²) in [5.41, 5.74) is 0. The molecular weight excluding hydrogens is 146 g/mol. The van der Waals surface area contributed by atoms with Crippen LogP contribution >= 0.6 is 11.8 Å². The van der Waals surface area contributed by atoms with Crippen molar-refractivity contribution in [3.63, 3.8) is 0 Å². The fourth-order valence-corrected chi connectivity index (χ4v) is 1.54. The quantitative estimate of drug-likeness (QED) is 0.626. The van der Waals surface area contributed by atoms with E-state index in [0.29, 0.717) is 11.3 Å². The minimum absolute atomic E-state index is 0.259. The van der Waals surface area contributed by atoms with E-state index in [4.69, 9.17) is 5.11 Å². The van der Waals surface area contributed by atoms with Gasteiger partial charge in [-0.15, -0.1) is 0 Å². The molecule has 0 aliphatic heterocycles. The van der Waals surface area contributed by atoms with E-state index in [2.05, 4.69) is 19.2 Å². The van der Waals surface area contributed by atoms with Crippen molar-refractivity contribution in [1.29, 1.82) is 0 Å². The van der Waals surface area contributed by atoms with E-state index in [1.165, 1.54) is 0 Å². The van der Waals surface area contributed by atoms with Crippen molar-refractivity contribution >= 4 is 11.8 Å². The molecule has 0 amide bonds. The first-order chi connectivity index (χ1) is 4.76. The zero-order chi connectivity index (χ0) is 7.98. The molecule has 10 heavy (non-hydrogen) atoms. The molecule has 2 unspecified atom stereocenters. The number of hydrogen-bond acceptors (Lipinski definition) is 3. The Hall–Kier alpha value is 0.270. The Labute approximate surface area is 67.4 Å². The highest BCUT2D eigenvalue weighted by molar-refractivity contribution is 7.99. The number of nitrogens with one attached hydrogen (secondary N) is 1. The number of thioether (sulfide) groups is 1. The van der Waals surface area contributed by atoms with E-state index in [1.54, 1.807) is 11.8 Å². The first kappa shape index (κ1) is 10.3. The summed E-state index contributed by atoms with van der Waals surface area (Å²) in [5, 5.41) is 12.5. The second-order valence-electron chi connectivity index (χ2n) is 2.30. The second-order valence-corrected chi connectivity index (χ2v) is 3.38. The maximum Gasteiger partial charge on any atom is 0.0564 e. The van der Waals surface area contributed by atoms with Crippen molar-refractivity contribution < 1.29 is 5.11 Å². The molecule has 0 rings (SSSR count). The fourth-order valence-electron chi connectivity index (χ4n) is 0.890. The number of rotatable bonds is 5. The maximum absolute atomic E-state index is 8.86. The molecule has 0 aromatic heterocycles. The van der Waals surface area contributed by atoms with Crippen molar-refractivity contribution in [3.8, 4) is 0 Å². The topological polar surface area (TPSA) is 32.3 Å². The highest BCUT2D eigenvalue weighted by Gasteiger charge is 2.12. The van der Waals surface area contributed by atoms with Gasteiger partial charge in [0.15, 0.2) is 0 Å². The summed E-state index contributed by atoms with van der Waals surface area (Å²) < 4.78 is 0. The SMILES string of the molecule is CCNC(C)C(CO)SC. The molecule has 3 heteroatoms. The van der Waals surface area contributed by atoms with E-state index in [1.807, 2.05) is 6.26 Å². The molecule has 0 aromatic rings. The van der Waals surface area contributed by atoms with E-state index in [-0.39, 0.29) is 6.61 Å². The van der Waals surface area contributed by atoms with Gasteiger partial charge in [0, 0.05) is 11.3 Å². The minimum atomic E-state index is 0.259. The van der Waals surface area contributed by atoms with Gasteiger partial charge in [-0.2, -0.15) is 11.8 Å². The fraction of sp³-hybridized carbons (Fsp3) is 1.00. The Kier molecular flexibility index (Phi) is 6.17. The third-order valence-corrected chi connectivity index (χ3v) is 2.73. The smallest absolute Gasteiger partial charge is 0.0564 e. The predicted molar refractivity (Wildman–Crippen MR) is 47.5 cm³/mol. The lowest BCUT2D eigenvalue weighted by Gasteiger charge is -2.20. The summed E-state index contributed by atoms with van der Waals surface area (Å²) in [6.45, 7) is 5.40. The van der Waals surface area contributed by atoms with E-state index in [9.17, 15) is 0 Å². The van der Waals surface area contributed by atoms with Gasteiger partial charge in [0.1, 0.15) is 0 Å². The van der Waals surface area contributed by atoms with E-state index < -0.39 is 0 Å². The summed E-state index contributed by atoms with van der Waals surface area (Å²) in [5.74, 6) is 0. The Morgan fingerprint density at radius 2 is 2.20 bits per heavy atom. The Bertz CT molecular complexity index is 76.0. The van der Waals surface area contributed by atoms with Crippen molar-refractivity contribution in [2.24, 2.45) is 0 Å². The van der Waals surface area contributed by atoms with Crippen LogP contribution < -0.4 is 5.32 Å². The average molecular weight is 163 g/mol. The van der Waals surface area contributed by atoms with Crippen LogP contribution in [-0.2, 0) is 0 Å². The molecule has 0 saturated carbocycles. The van der Waals surface area contributed by atoms with Gasteiger partial charge in [0.25, 0.3) is 0 Å². The van der Waals surface area contributed by atoms with E-state index in [0.717, 1.165) is 6.54 Å². The predicted octanol–water partition coefficient (Wildman–Crippen LogP) is 0.708. The molecule has 2 nitrogen and oxygen atoms in total. The lowest BCUT2D eigenvalue weighted by Crippen LogP contribution is -2.37. The first-order valence-electron chi connectivity index (χ1n) is 3.63.